The van der Waals surface area contributed by atoms with Gasteiger partial charge in [-0.05, 0) is 58.6 Å². The molecule has 0 radical (unpaired) electrons. The Morgan fingerprint density at radius 2 is 1.95 bits per heavy atom. The van der Waals surface area contributed by atoms with E-state index in [2.05, 4.69) is 21.2 Å². The Bertz CT molecular complexity index is 681. The highest BCUT2D eigenvalue weighted by atomic mass is 79.9. The van der Waals surface area contributed by atoms with Crippen molar-refractivity contribution in [3.63, 3.8) is 0 Å². The van der Waals surface area contributed by atoms with Gasteiger partial charge in [-0.2, -0.15) is 0 Å². The average molecular weight is 353 g/mol. The van der Waals surface area contributed by atoms with E-state index in [-0.39, 0.29) is 5.69 Å². The SMILES string of the molecule is Cc1cc(C)c(NCc2cc(F)cc([N+](=O)[O-])c2)c(Br)c1. The zero-order valence-corrected chi connectivity index (χ0v) is 13.2. The molecule has 6 heteroatoms. The maximum atomic E-state index is 13.4. The molecule has 0 saturated heterocycles. The van der Waals surface area contributed by atoms with Gasteiger partial charge in [0.05, 0.1) is 16.7 Å². The quantitative estimate of drug-likeness (QED) is 0.639. The molecule has 0 spiro atoms. The van der Waals surface area contributed by atoms with Crippen molar-refractivity contribution in [3.05, 3.63) is 67.4 Å². The van der Waals surface area contributed by atoms with Gasteiger partial charge in [0.15, 0.2) is 0 Å². The highest BCUT2D eigenvalue weighted by molar-refractivity contribution is 9.10. The zero-order chi connectivity index (χ0) is 15.6. The fraction of sp³-hybridized carbons (Fsp3) is 0.200. The first-order valence-electron chi connectivity index (χ1n) is 6.31. The number of benzene rings is 2. The largest absolute Gasteiger partial charge is 0.380 e. The topological polar surface area (TPSA) is 55.2 Å². The molecule has 0 atom stereocenters. The fourth-order valence-corrected chi connectivity index (χ4v) is 2.98. The standard InChI is InChI=1S/C15H14BrFN2O2/c1-9-3-10(2)15(14(16)4-9)18-8-11-5-12(17)7-13(6-11)19(20)21/h3-7,18H,8H2,1-2H3. The molecule has 0 fully saturated rings. The minimum Gasteiger partial charge on any atom is -0.380 e. The summed E-state index contributed by atoms with van der Waals surface area (Å²) in [5, 5.41) is 13.9. The Morgan fingerprint density at radius 3 is 2.57 bits per heavy atom. The van der Waals surface area contributed by atoms with E-state index in [1.807, 2.05) is 26.0 Å². The van der Waals surface area contributed by atoms with Gasteiger partial charge in [-0.1, -0.05) is 6.07 Å². The van der Waals surface area contributed by atoms with Crippen molar-refractivity contribution in [2.24, 2.45) is 0 Å². The van der Waals surface area contributed by atoms with Gasteiger partial charge in [-0.25, -0.2) is 4.39 Å². The molecule has 0 aromatic heterocycles. The molecule has 2 aromatic carbocycles. The summed E-state index contributed by atoms with van der Waals surface area (Å²) in [7, 11) is 0. The molecule has 21 heavy (non-hydrogen) atoms. The van der Waals surface area contributed by atoms with Gasteiger partial charge in [-0.3, -0.25) is 10.1 Å². The highest BCUT2D eigenvalue weighted by Gasteiger charge is 2.11. The number of nitrogens with zero attached hydrogens (tertiary/aromatic N) is 1. The summed E-state index contributed by atoms with van der Waals surface area (Å²) >= 11 is 3.48. The van der Waals surface area contributed by atoms with E-state index in [9.17, 15) is 14.5 Å². The molecule has 0 heterocycles. The lowest BCUT2D eigenvalue weighted by Gasteiger charge is -2.13. The molecular formula is C15H14BrFN2O2. The lowest BCUT2D eigenvalue weighted by molar-refractivity contribution is -0.385. The van der Waals surface area contributed by atoms with E-state index < -0.39 is 10.7 Å². The number of hydrogen-bond donors (Lipinski definition) is 1. The molecule has 1 N–H and O–H groups in total. The molecule has 0 saturated carbocycles. The van der Waals surface area contributed by atoms with Crippen LogP contribution in [0.15, 0.2) is 34.8 Å². The Kier molecular flexibility index (Phi) is 4.57. The maximum Gasteiger partial charge on any atom is 0.272 e. The van der Waals surface area contributed by atoms with Gasteiger partial charge >= 0.3 is 0 Å². The second-order valence-corrected chi connectivity index (χ2v) is 5.72. The molecule has 2 aromatic rings. The lowest BCUT2D eigenvalue weighted by atomic mass is 10.1. The second kappa shape index (κ2) is 6.22. The van der Waals surface area contributed by atoms with Gasteiger partial charge in [0, 0.05) is 17.1 Å². The third kappa shape index (κ3) is 3.78. The Labute approximate surface area is 130 Å². The lowest BCUT2D eigenvalue weighted by Crippen LogP contribution is -2.03. The normalized spacial score (nSPS) is 10.5. The van der Waals surface area contributed by atoms with Crippen LogP contribution >= 0.6 is 15.9 Å². The molecule has 2 rings (SSSR count). The molecule has 0 amide bonds. The molecule has 0 aliphatic rings. The summed E-state index contributed by atoms with van der Waals surface area (Å²) in [6, 6.07) is 7.58. The number of hydrogen-bond acceptors (Lipinski definition) is 3. The van der Waals surface area contributed by atoms with Gasteiger partial charge in [0.25, 0.3) is 5.69 Å². The maximum absolute atomic E-state index is 13.4. The predicted octanol–water partition coefficient (Wildman–Crippen LogP) is 4.73. The van der Waals surface area contributed by atoms with Crippen LogP contribution in [0.25, 0.3) is 0 Å². The third-order valence-corrected chi connectivity index (χ3v) is 3.68. The minimum absolute atomic E-state index is 0.244. The number of anilines is 1. The van der Waals surface area contributed by atoms with E-state index in [0.717, 1.165) is 27.4 Å². The first-order valence-corrected chi connectivity index (χ1v) is 7.10. The van der Waals surface area contributed by atoms with E-state index in [4.69, 9.17) is 0 Å². The number of nitro benzene ring substituents is 1. The van der Waals surface area contributed by atoms with E-state index in [1.54, 1.807) is 0 Å². The number of non-ortho nitro benzene ring substituents is 1. The van der Waals surface area contributed by atoms with Gasteiger partial charge < -0.3 is 5.32 Å². The van der Waals surface area contributed by atoms with Crippen LogP contribution in [0.5, 0.6) is 0 Å². The number of halogens is 2. The van der Waals surface area contributed by atoms with Gasteiger partial charge in [0.1, 0.15) is 5.82 Å². The molecule has 0 aliphatic heterocycles. The van der Waals surface area contributed by atoms with Crippen LogP contribution in [0, 0.1) is 29.8 Å². The van der Waals surface area contributed by atoms with Crippen LogP contribution in [0.4, 0.5) is 15.8 Å². The molecule has 4 nitrogen and oxygen atoms in total. The third-order valence-electron chi connectivity index (χ3n) is 3.05. The van der Waals surface area contributed by atoms with Crippen LogP contribution in [-0.4, -0.2) is 4.92 Å². The summed E-state index contributed by atoms with van der Waals surface area (Å²) in [6.45, 7) is 4.27. The average Bonchev–Trinajstić information content (AvgIpc) is 2.36. The van der Waals surface area contributed by atoms with E-state index in [0.29, 0.717) is 12.1 Å². The summed E-state index contributed by atoms with van der Waals surface area (Å²) in [6.07, 6.45) is 0. The Hall–Kier alpha value is -1.95. The van der Waals surface area contributed by atoms with Crippen LogP contribution in [0.2, 0.25) is 0 Å². The summed E-state index contributed by atoms with van der Waals surface area (Å²) in [5.41, 5.74) is 3.35. The molecule has 110 valence electrons. The fourth-order valence-electron chi connectivity index (χ4n) is 2.17. The molecule has 0 aliphatic carbocycles. The van der Waals surface area contributed by atoms with Crippen molar-refractivity contribution in [2.75, 3.05) is 5.32 Å². The van der Waals surface area contributed by atoms with Crippen molar-refractivity contribution >= 4 is 27.3 Å². The number of nitro groups is 1. The van der Waals surface area contributed by atoms with Crippen LogP contribution < -0.4 is 5.32 Å². The Morgan fingerprint density at radius 1 is 1.24 bits per heavy atom. The summed E-state index contributed by atoms with van der Waals surface area (Å²) in [4.78, 5) is 10.1. The van der Waals surface area contributed by atoms with E-state index in [1.165, 1.54) is 12.1 Å². The smallest absolute Gasteiger partial charge is 0.272 e. The van der Waals surface area contributed by atoms with E-state index >= 15 is 0 Å². The predicted molar refractivity (Wildman–Crippen MR) is 84.0 cm³/mol. The van der Waals surface area contributed by atoms with Crippen molar-refractivity contribution in [1.29, 1.82) is 0 Å². The second-order valence-electron chi connectivity index (χ2n) is 4.87. The highest BCUT2D eigenvalue weighted by Crippen LogP contribution is 2.28. The summed E-state index contributed by atoms with van der Waals surface area (Å²) in [5.74, 6) is -0.610. The Balaban J connectivity index is 2.23. The molecular weight excluding hydrogens is 339 g/mol. The molecule has 0 bridgehead atoms. The number of rotatable bonds is 4. The van der Waals surface area contributed by atoms with Crippen LogP contribution in [-0.2, 0) is 6.54 Å². The number of aryl methyl sites for hydroxylation is 2. The van der Waals surface area contributed by atoms with Gasteiger partial charge in [0.2, 0.25) is 0 Å². The molecule has 0 unspecified atom stereocenters. The van der Waals surface area contributed by atoms with Crippen molar-refractivity contribution in [3.8, 4) is 0 Å². The van der Waals surface area contributed by atoms with Crippen LogP contribution in [0.1, 0.15) is 16.7 Å². The number of nitrogens with one attached hydrogen (secondary N) is 1. The monoisotopic (exact) mass is 352 g/mol. The minimum atomic E-state index is -0.610. The van der Waals surface area contributed by atoms with Crippen molar-refractivity contribution in [1.82, 2.24) is 0 Å². The van der Waals surface area contributed by atoms with Gasteiger partial charge in [-0.15, -0.1) is 0 Å². The van der Waals surface area contributed by atoms with Crippen molar-refractivity contribution in [2.45, 2.75) is 20.4 Å². The van der Waals surface area contributed by atoms with Crippen LogP contribution in [0.3, 0.4) is 0 Å². The summed E-state index contributed by atoms with van der Waals surface area (Å²) < 4.78 is 14.3. The van der Waals surface area contributed by atoms with Crippen molar-refractivity contribution < 1.29 is 9.31 Å². The zero-order valence-electron chi connectivity index (χ0n) is 11.6. The first-order chi connectivity index (χ1) is 9.86. The first kappa shape index (κ1) is 15.4.